The Morgan fingerprint density at radius 1 is 0.933 bits per heavy atom. The van der Waals surface area contributed by atoms with Crippen LogP contribution in [-0.2, 0) is 20.4 Å². The second-order valence-electron chi connectivity index (χ2n) is 3.28. The molecule has 2 heteroatoms. The van der Waals surface area contributed by atoms with Crippen LogP contribution in [0.4, 0.5) is 0 Å². The second-order valence-corrected chi connectivity index (χ2v) is 3.28. The van der Waals surface area contributed by atoms with Crippen molar-refractivity contribution in [3.05, 3.63) is 54.7 Å². The van der Waals surface area contributed by atoms with Gasteiger partial charge in [-0.25, -0.2) is 0 Å². The smallest absolute Gasteiger partial charge is 0.0161 e. The fourth-order valence-corrected chi connectivity index (χ4v) is 1.73. The number of hydrogen-bond donors (Lipinski definition) is 0. The first-order chi connectivity index (χ1) is 6.95. The standard InChI is InChI=1S/C13H8N.Re/c1-2-6-12-10(4-1)7-8-11-5-3-9-14-13(11)12;/h1-5,7-9H;/q-1;. The number of benzene rings is 2. The Kier molecular flexibility index (Phi) is 2.82. The summed E-state index contributed by atoms with van der Waals surface area (Å²) in [6, 6.07) is 17.5. The van der Waals surface area contributed by atoms with Gasteiger partial charge in [0.1, 0.15) is 0 Å². The molecule has 1 aromatic heterocycles. The van der Waals surface area contributed by atoms with E-state index in [2.05, 4.69) is 35.3 Å². The molecule has 0 saturated heterocycles. The molecule has 15 heavy (non-hydrogen) atoms. The van der Waals surface area contributed by atoms with Gasteiger partial charge in [-0.05, 0) is 17.0 Å². The van der Waals surface area contributed by atoms with Crippen LogP contribution in [0.3, 0.4) is 0 Å². The van der Waals surface area contributed by atoms with E-state index in [0.29, 0.717) is 0 Å². The zero-order valence-corrected chi connectivity index (χ0v) is 10.7. The Balaban J connectivity index is 0.000000853. The molecule has 0 fully saturated rings. The van der Waals surface area contributed by atoms with Crippen molar-refractivity contribution >= 4 is 21.7 Å². The van der Waals surface area contributed by atoms with Crippen LogP contribution in [0.5, 0.6) is 0 Å². The summed E-state index contributed by atoms with van der Waals surface area (Å²) in [5.41, 5.74) is 1.03. The molecule has 0 aliphatic heterocycles. The quantitative estimate of drug-likeness (QED) is 0.441. The normalized spacial score (nSPS) is 10.1. The van der Waals surface area contributed by atoms with Gasteiger partial charge in [0.25, 0.3) is 0 Å². The monoisotopic (exact) mass is 365 g/mol. The number of nitrogens with zero attached hydrogens (tertiary/aromatic N) is 1. The van der Waals surface area contributed by atoms with E-state index in [1.807, 2.05) is 24.4 Å². The van der Waals surface area contributed by atoms with E-state index in [4.69, 9.17) is 0 Å². The van der Waals surface area contributed by atoms with E-state index in [9.17, 15) is 0 Å². The predicted octanol–water partition coefficient (Wildman–Crippen LogP) is 3.19. The third-order valence-corrected chi connectivity index (χ3v) is 2.41. The maximum Gasteiger partial charge on any atom is 0.0161 e. The molecule has 0 bridgehead atoms. The Morgan fingerprint density at radius 2 is 1.73 bits per heavy atom. The van der Waals surface area contributed by atoms with Gasteiger partial charge < -0.3 is 4.98 Å². The molecule has 0 saturated carbocycles. The van der Waals surface area contributed by atoms with Gasteiger partial charge in [0.05, 0.1) is 0 Å². The third kappa shape index (κ3) is 1.67. The Labute approximate surface area is 102 Å². The largest absolute Gasteiger partial charge is 0.304 e. The molecule has 0 unspecified atom stereocenters. The van der Waals surface area contributed by atoms with E-state index in [1.165, 1.54) is 10.8 Å². The molecule has 0 amide bonds. The van der Waals surface area contributed by atoms with Crippen molar-refractivity contribution in [3.63, 3.8) is 0 Å². The summed E-state index contributed by atoms with van der Waals surface area (Å²) in [7, 11) is 0. The molecule has 0 aliphatic rings. The third-order valence-electron chi connectivity index (χ3n) is 2.41. The molecule has 0 atom stereocenters. The van der Waals surface area contributed by atoms with Gasteiger partial charge >= 0.3 is 0 Å². The summed E-state index contributed by atoms with van der Waals surface area (Å²) in [4.78, 5) is 4.38. The van der Waals surface area contributed by atoms with Crippen molar-refractivity contribution < 1.29 is 20.4 Å². The van der Waals surface area contributed by atoms with Crippen LogP contribution in [0.1, 0.15) is 0 Å². The minimum atomic E-state index is 0. The van der Waals surface area contributed by atoms with Gasteiger partial charge in [-0.3, -0.25) is 0 Å². The summed E-state index contributed by atoms with van der Waals surface area (Å²) >= 11 is 0. The summed E-state index contributed by atoms with van der Waals surface area (Å²) in [5.74, 6) is 0. The molecule has 3 rings (SSSR count). The minimum Gasteiger partial charge on any atom is -0.304 e. The minimum absolute atomic E-state index is 0. The van der Waals surface area contributed by atoms with Gasteiger partial charge in [0.15, 0.2) is 0 Å². The van der Waals surface area contributed by atoms with Gasteiger partial charge in [-0.15, -0.1) is 35.0 Å². The first-order valence-electron chi connectivity index (χ1n) is 4.59. The van der Waals surface area contributed by atoms with Gasteiger partial charge in [0.2, 0.25) is 0 Å². The number of fused-ring (bicyclic) bond motifs is 3. The van der Waals surface area contributed by atoms with Crippen LogP contribution in [0.2, 0.25) is 0 Å². The van der Waals surface area contributed by atoms with Crippen molar-refractivity contribution in [1.82, 2.24) is 4.98 Å². The molecule has 0 N–H and O–H groups in total. The number of rotatable bonds is 0. The molecule has 73 valence electrons. The average molecular weight is 364 g/mol. The summed E-state index contributed by atoms with van der Waals surface area (Å²) in [5, 5.41) is 3.46. The Bertz CT molecular complexity index is 550. The number of aromatic nitrogens is 1. The molecule has 3 aromatic rings. The van der Waals surface area contributed by atoms with E-state index < -0.39 is 0 Å². The zero-order chi connectivity index (χ0) is 9.38. The SMILES string of the molecule is [Re].[c-]1cccc2ccc3cccnc3c12. The van der Waals surface area contributed by atoms with Crippen LogP contribution in [0, 0.1) is 6.07 Å². The summed E-state index contributed by atoms with van der Waals surface area (Å²) in [6.45, 7) is 0. The van der Waals surface area contributed by atoms with Gasteiger partial charge in [0, 0.05) is 26.6 Å². The van der Waals surface area contributed by atoms with Gasteiger partial charge in [-0.2, -0.15) is 0 Å². The fourth-order valence-electron chi connectivity index (χ4n) is 1.73. The zero-order valence-electron chi connectivity index (χ0n) is 7.94. The summed E-state index contributed by atoms with van der Waals surface area (Å²) < 4.78 is 0. The van der Waals surface area contributed by atoms with Crippen molar-refractivity contribution in [2.24, 2.45) is 0 Å². The van der Waals surface area contributed by atoms with Crippen LogP contribution in [0.15, 0.2) is 48.7 Å². The maximum atomic E-state index is 4.38. The van der Waals surface area contributed by atoms with E-state index in [1.54, 1.807) is 0 Å². The molecule has 0 aliphatic carbocycles. The van der Waals surface area contributed by atoms with Gasteiger partial charge in [-0.1, -0.05) is 18.2 Å². The van der Waals surface area contributed by atoms with Crippen molar-refractivity contribution in [2.45, 2.75) is 0 Å². The van der Waals surface area contributed by atoms with Crippen LogP contribution in [0.25, 0.3) is 21.7 Å². The first kappa shape index (κ1) is 10.3. The number of hydrogen-bond acceptors (Lipinski definition) is 1. The van der Waals surface area contributed by atoms with Crippen molar-refractivity contribution in [3.8, 4) is 0 Å². The van der Waals surface area contributed by atoms with E-state index >= 15 is 0 Å². The molecule has 1 heterocycles. The topological polar surface area (TPSA) is 12.9 Å². The van der Waals surface area contributed by atoms with Crippen molar-refractivity contribution in [2.75, 3.05) is 0 Å². The Hall–Kier alpha value is -1.23. The first-order valence-corrected chi connectivity index (χ1v) is 4.59. The molecular weight excluding hydrogens is 356 g/mol. The maximum absolute atomic E-state index is 4.38. The Morgan fingerprint density at radius 3 is 2.67 bits per heavy atom. The van der Waals surface area contributed by atoms with E-state index in [0.717, 1.165) is 10.9 Å². The van der Waals surface area contributed by atoms with Crippen LogP contribution >= 0.6 is 0 Å². The predicted molar refractivity (Wildman–Crippen MR) is 58.1 cm³/mol. The molecule has 2 aromatic carbocycles. The summed E-state index contributed by atoms with van der Waals surface area (Å²) in [6.07, 6.45) is 1.82. The average Bonchev–Trinajstić information content (AvgIpc) is 2.29. The molecule has 1 nitrogen and oxygen atoms in total. The van der Waals surface area contributed by atoms with E-state index in [-0.39, 0.29) is 20.4 Å². The molecule has 1 radical (unpaired) electrons. The second kappa shape index (κ2) is 4.10. The number of pyridine rings is 1. The van der Waals surface area contributed by atoms with Crippen LogP contribution < -0.4 is 0 Å². The van der Waals surface area contributed by atoms with Crippen LogP contribution in [-0.4, -0.2) is 4.98 Å². The molecular formula is C13H8NRe-. The molecule has 0 spiro atoms. The fraction of sp³-hybridized carbons (Fsp3) is 0. The van der Waals surface area contributed by atoms with Crippen molar-refractivity contribution in [1.29, 1.82) is 0 Å².